The highest BCUT2D eigenvalue weighted by Gasteiger charge is 2.31. The van der Waals surface area contributed by atoms with Crippen molar-refractivity contribution < 1.29 is 14.4 Å². The molecule has 1 fully saturated rings. The minimum absolute atomic E-state index is 0.0379. The van der Waals surface area contributed by atoms with Crippen molar-refractivity contribution >= 4 is 29.5 Å². The molecule has 2 aromatic rings. The van der Waals surface area contributed by atoms with Crippen LogP contribution in [-0.2, 0) is 20.8 Å². The van der Waals surface area contributed by atoms with Crippen molar-refractivity contribution in [3.63, 3.8) is 0 Å². The van der Waals surface area contributed by atoms with Crippen LogP contribution in [0.1, 0.15) is 74.0 Å². The Morgan fingerprint density at radius 2 is 1.62 bits per heavy atom. The average Bonchev–Trinajstić information content (AvgIpc) is 2.97. The van der Waals surface area contributed by atoms with Gasteiger partial charge in [0.05, 0.1) is 5.92 Å². The monoisotopic (exact) mass is 577 g/mol. The summed E-state index contributed by atoms with van der Waals surface area (Å²) >= 11 is 0. The summed E-state index contributed by atoms with van der Waals surface area (Å²) in [5.74, 6) is -2.02. The van der Waals surface area contributed by atoms with E-state index in [1.54, 1.807) is 30.6 Å². The molecule has 3 amide bonds. The molecule has 1 saturated carbocycles. The molecule has 0 radical (unpaired) electrons. The molecule has 3 rings (SSSR count). The van der Waals surface area contributed by atoms with Crippen LogP contribution in [0.2, 0.25) is 0 Å². The molecule has 1 aromatic heterocycles. The molecule has 12 heteroatoms. The molecule has 1 aliphatic rings. The molecule has 226 valence electrons. The van der Waals surface area contributed by atoms with E-state index >= 15 is 0 Å². The fourth-order valence-corrected chi connectivity index (χ4v) is 5.35. The molecule has 42 heavy (non-hydrogen) atoms. The fourth-order valence-electron chi connectivity index (χ4n) is 5.35. The van der Waals surface area contributed by atoms with Crippen molar-refractivity contribution in [2.45, 2.75) is 75.8 Å². The lowest BCUT2D eigenvalue weighted by atomic mass is 9.84. The maximum atomic E-state index is 13.9. The predicted molar refractivity (Wildman–Crippen MR) is 162 cm³/mol. The summed E-state index contributed by atoms with van der Waals surface area (Å²) in [6, 6.07) is 8.96. The molecule has 1 aromatic carbocycles. The Labute approximate surface area is 246 Å². The number of nitrogens with one attached hydrogen (secondary N) is 5. The molecular weight excluding hydrogens is 534 g/mol. The van der Waals surface area contributed by atoms with Crippen molar-refractivity contribution in [1.29, 1.82) is 10.8 Å². The number of benzene rings is 1. The number of carbonyl (C=O) groups excluding carboxylic acids is 3. The number of amidine groups is 1. The van der Waals surface area contributed by atoms with Gasteiger partial charge in [-0.2, -0.15) is 0 Å². The van der Waals surface area contributed by atoms with Crippen LogP contribution < -0.4 is 33.2 Å². The molecule has 1 unspecified atom stereocenters. The number of amides is 3. The van der Waals surface area contributed by atoms with Gasteiger partial charge in [0.2, 0.25) is 17.7 Å². The number of primary amides is 1. The number of rotatable bonds is 15. The quantitative estimate of drug-likeness (QED) is 0.0880. The molecule has 0 saturated heterocycles. The number of guanidine groups is 1. The Kier molecular flexibility index (Phi) is 12.3. The van der Waals surface area contributed by atoms with Crippen LogP contribution in [0, 0.1) is 16.7 Å². The molecule has 11 N–H and O–H groups in total. The predicted octanol–water partition coefficient (Wildman–Crippen LogP) is 1.38. The standard InChI is InChI=1S/C30H43N9O3/c31-26(32)21-12-10-20(11-13-21)16-23(22-8-4-14-36-18-22)28(41)39-25(17-19-6-2-1-3-7-19)29(42)38-24(27(33)40)9-5-15-37-30(34)35/h4,8,10-14,18-19,23-25H,1-3,5-7,9,15-17H2,(H3,31,32)(H2,33,40)(H,38,42)(H,39,41)(H4,34,35,37)/t23-,24?,25-/m0/s1. The zero-order valence-electron chi connectivity index (χ0n) is 23.9. The minimum Gasteiger partial charge on any atom is -0.384 e. The van der Waals surface area contributed by atoms with Gasteiger partial charge in [-0.05, 0) is 48.8 Å². The van der Waals surface area contributed by atoms with E-state index in [0.717, 1.165) is 37.7 Å². The third-order valence-corrected chi connectivity index (χ3v) is 7.68. The number of aromatic nitrogens is 1. The van der Waals surface area contributed by atoms with Gasteiger partial charge in [0.25, 0.3) is 0 Å². The summed E-state index contributed by atoms with van der Waals surface area (Å²) in [4.78, 5) is 43.8. The maximum absolute atomic E-state index is 13.9. The molecule has 12 nitrogen and oxygen atoms in total. The first-order valence-corrected chi connectivity index (χ1v) is 14.4. The van der Waals surface area contributed by atoms with Crippen molar-refractivity contribution in [3.8, 4) is 0 Å². The van der Waals surface area contributed by atoms with Gasteiger partial charge in [-0.15, -0.1) is 0 Å². The highest BCUT2D eigenvalue weighted by Crippen LogP contribution is 2.28. The second-order valence-corrected chi connectivity index (χ2v) is 10.9. The van der Waals surface area contributed by atoms with E-state index in [0.29, 0.717) is 36.9 Å². The minimum atomic E-state index is -0.925. The lowest BCUT2D eigenvalue weighted by Crippen LogP contribution is -2.54. The number of nitrogens with two attached hydrogens (primary N) is 3. The molecule has 1 heterocycles. The van der Waals surface area contributed by atoms with E-state index in [-0.39, 0.29) is 30.0 Å². The summed E-state index contributed by atoms with van der Waals surface area (Å²) in [6.45, 7) is 0.359. The van der Waals surface area contributed by atoms with Gasteiger partial charge in [-0.25, -0.2) is 0 Å². The molecule has 3 atom stereocenters. The number of nitrogens with zero attached hydrogens (tertiary/aromatic N) is 1. The Bertz CT molecular complexity index is 1210. The van der Waals surface area contributed by atoms with Crippen molar-refractivity contribution in [1.82, 2.24) is 20.9 Å². The molecular formula is C30H43N9O3. The average molecular weight is 578 g/mol. The van der Waals surface area contributed by atoms with Gasteiger partial charge in [-0.3, -0.25) is 30.2 Å². The second kappa shape index (κ2) is 16.1. The van der Waals surface area contributed by atoms with Crippen LogP contribution in [-0.4, -0.2) is 53.1 Å². The van der Waals surface area contributed by atoms with E-state index in [2.05, 4.69) is 20.9 Å². The van der Waals surface area contributed by atoms with Crippen LogP contribution in [0.4, 0.5) is 0 Å². The summed E-state index contributed by atoms with van der Waals surface area (Å²) in [6.07, 6.45) is 10.1. The first kappa shape index (κ1) is 32.0. The number of hydrogen-bond acceptors (Lipinski definition) is 6. The Morgan fingerprint density at radius 1 is 0.929 bits per heavy atom. The molecule has 0 bridgehead atoms. The van der Waals surface area contributed by atoms with Gasteiger partial charge in [0.15, 0.2) is 5.96 Å². The fraction of sp³-hybridized carbons (Fsp3) is 0.467. The largest absolute Gasteiger partial charge is 0.384 e. The van der Waals surface area contributed by atoms with E-state index in [1.807, 2.05) is 18.2 Å². The zero-order chi connectivity index (χ0) is 30.5. The van der Waals surface area contributed by atoms with Crippen molar-refractivity contribution in [3.05, 3.63) is 65.5 Å². The van der Waals surface area contributed by atoms with Gasteiger partial charge in [0.1, 0.15) is 17.9 Å². The van der Waals surface area contributed by atoms with Crippen LogP contribution in [0.5, 0.6) is 0 Å². The number of pyridine rings is 1. The van der Waals surface area contributed by atoms with Crippen LogP contribution in [0.25, 0.3) is 0 Å². The number of hydrogen-bond donors (Lipinski definition) is 8. The third kappa shape index (κ3) is 10.2. The normalized spacial score (nSPS) is 15.5. The van der Waals surface area contributed by atoms with Crippen LogP contribution in [0.3, 0.4) is 0 Å². The van der Waals surface area contributed by atoms with E-state index < -0.39 is 29.8 Å². The molecule has 0 spiro atoms. The number of carbonyl (C=O) groups is 3. The Hall–Kier alpha value is -4.48. The smallest absolute Gasteiger partial charge is 0.243 e. The summed E-state index contributed by atoms with van der Waals surface area (Å²) in [7, 11) is 0. The van der Waals surface area contributed by atoms with Crippen LogP contribution >= 0.6 is 0 Å². The SMILES string of the molecule is N=C(N)NCCCC(NC(=O)[C@H](CC1CCCCC1)NC(=O)[C@@H](Cc1ccc(C(=N)N)cc1)c1cccnc1)C(N)=O. The first-order chi connectivity index (χ1) is 20.1. The Balaban J connectivity index is 1.79. The van der Waals surface area contributed by atoms with Gasteiger partial charge in [0, 0.05) is 24.5 Å². The lowest BCUT2D eigenvalue weighted by molar-refractivity contribution is -0.132. The first-order valence-electron chi connectivity index (χ1n) is 14.4. The van der Waals surface area contributed by atoms with Gasteiger partial charge < -0.3 is 33.2 Å². The van der Waals surface area contributed by atoms with E-state index in [1.165, 1.54) is 0 Å². The second-order valence-electron chi connectivity index (χ2n) is 10.9. The van der Waals surface area contributed by atoms with E-state index in [9.17, 15) is 14.4 Å². The molecule has 0 aliphatic heterocycles. The number of nitrogen functional groups attached to an aromatic ring is 1. The maximum Gasteiger partial charge on any atom is 0.243 e. The third-order valence-electron chi connectivity index (χ3n) is 7.68. The van der Waals surface area contributed by atoms with Crippen molar-refractivity contribution in [2.75, 3.05) is 6.54 Å². The lowest BCUT2D eigenvalue weighted by Gasteiger charge is -2.29. The Morgan fingerprint density at radius 3 is 2.21 bits per heavy atom. The summed E-state index contributed by atoms with van der Waals surface area (Å²) < 4.78 is 0. The zero-order valence-corrected chi connectivity index (χ0v) is 23.9. The summed E-state index contributed by atoms with van der Waals surface area (Å²) in [5, 5.41) is 23.3. The topological polar surface area (TPSA) is 226 Å². The highest BCUT2D eigenvalue weighted by atomic mass is 16.2. The van der Waals surface area contributed by atoms with Gasteiger partial charge in [-0.1, -0.05) is 62.4 Å². The molecule has 1 aliphatic carbocycles. The van der Waals surface area contributed by atoms with Crippen molar-refractivity contribution in [2.24, 2.45) is 23.1 Å². The van der Waals surface area contributed by atoms with Gasteiger partial charge >= 0.3 is 0 Å². The summed E-state index contributed by atoms with van der Waals surface area (Å²) in [5.41, 5.74) is 18.7. The van der Waals surface area contributed by atoms with Crippen LogP contribution in [0.15, 0.2) is 48.8 Å². The highest BCUT2D eigenvalue weighted by molar-refractivity contribution is 5.95. The van der Waals surface area contributed by atoms with E-state index in [4.69, 9.17) is 28.0 Å².